The zero-order valence-corrected chi connectivity index (χ0v) is 20.3. The maximum absolute atomic E-state index is 5.95. The number of rotatable bonds is 22. The van der Waals surface area contributed by atoms with Crippen LogP contribution in [0.5, 0.6) is 0 Å². The molecule has 0 heterocycles. The van der Waals surface area contributed by atoms with Gasteiger partial charge in [0.1, 0.15) is 13.6 Å². The van der Waals surface area contributed by atoms with Gasteiger partial charge in [0.2, 0.25) is 0 Å². The van der Waals surface area contributed by atoms with Crippen molar-refractivity contribution >= 4 is 23.2 Å². The van der Waals surface area contributed by atoms with Crippen molar-refractivity contribution in [3.8, 4) is 0 Å². The highest BCUT2D eigenvalue weighted by molar-refractivity contribution is 6.18. The van der Waals surface area contributed by atoms with Crippen LogP contribution in [0.2, 0.25) is 0 Å². The van der Waals surface area contributed by atoms with E-state index in [4.69, 9.17) is 37.4 Å². The number of ether oxygens (including phenoxy) is 3. The molecule has 0 radical (unpaired) electrons. The van der Waals surface area contributed by atoms with Crippen LogP contribution in [-0.2, 0) is 14.2 Å². The van der Waals surface area contributed by atoms with E-state index in [1.807, 2.05) is 0 Å². The van der Waals surface area contributed by atoms with Crippen molar-refractivity contribution in [3.05, 3.63) is 24.3 Å². The summed E-state index contributed by atoms with van der Waals surface area (Å²) in [6.07, 6.45) is 22.1. The van der Waals surface area contributed by atoms with Gasteiger partial charge in [-0.25, -0.2) is 0 Å². The van der Waals surface area contributed by atoms with Crippen molar-refractivity contribution in [3.63, 3.8) is 0 Å². The monoisotopic (exact) mass is 450 g/mol. The SMILES string of the molecule is CCCCC(CC/C=C/CCCl)OCOCOC(CC/C=C/CCCl)CCCC. The van der Waals surface area contributed by atoms with E-state index in [1.165, 1.54) is 25.7 Å². The van der Waals surface area contributed by atoms with Gasteiger partial charge in [0.15, 0.2) is 0 Å². The van der Waals surface area contributed by atoms with Crippen LogP contribution < -0.4 is 0 Å². The molecule has 0 bridgehead atoms. The molecule has 3 nitrogen and oxygen atoms in total. The molecule has 0 saturated heterocycles. The summed E-state index contributed by atoms with van der Waals surface area (Å²) in [5.74, 6) is 1.37. The van der Waals surface area contributed by atoms with Gasteiger partial charge in [-0.3, -0.25) is 0 Å². The van der Waals surface area contributed by atoms with Crippen molar-refractivity contribution in [1.29, 1.82) is 0 Å². The zero-order chi connectivity index (χ0) is 21.4. The van der Waals surface area contributed by atoms with Gasteiger partial charge in [0.25, 0.3) is 0 Å². The first-order chi connectivity index (χ1) is 14.3. The van der Waals surface area contributed by atoms with Crippen LogP contribution in [0.1, 0.15) is 90.9 Å². The molecule has 2 atom stereocenters. The highest BCUT2D eigenvalue weighted by Gasteiger charge is 2.10. The van der Waals surface area contributed by atoms with Gasteiger partial charge >= 0.3 is 0 Å². The lowest BCUT2D eigenvalue weighted by molar-refractivity contribution is -0.167. The molecule has 0 rings (SSSR count). The summed E-state index contributed by atoms with van der Waals surface area (Å²) in [5.41, 5.74) is 0. The summed E-state index contributed by atoms with van der Waals surface area (Å²) in [6, 6.07) is 0. The maximum atomic E-state index is 5.95. The van der Waals surface area contributed by atoms with Gasteiger partial charge < -0.3 is 14.2 Å². The predicted molar refractivity (Wildman–Crippen MR) is 127 cm³/mol. The molecular weight excluding hydrogens is 407 g/mol. The largest absolute Gasteiger partial charge is 0.352 e. The molecule has 2 unspecified atom stereocenters. The Balaban J connectivity index is 4.06. The smallest absolute Gasteiger partial charge is 0.149 e. The maximum Gasteiger partial charge on any atom is 0.149 e. The summed E-state index contributed by atoms with van der Waals surface area (Å²) in [4.78, 5) is 0. The molecule has 29 heavy (non-hydrogen) atoms. The molecule has 0 aromatic heterocycles. The molecule has 172 valence electrons. The summed E-state index contributed by atoms with van der Waals surface area (Å²) < 4.78 is 17.5. The van der Waals surface area contributed by atoms with Crippen molar-refractivity contribution in [2.45, 2.75) is 103 Å². The van der Waals surface area contributed by atoms with E-state index < -0.39 is 0 Å². The fourth-order valence-corrected chi connectivity index (χ4v) is 3.22. The Bertz CT molecular complexity index is 341. The molecule has 0 aliphatic heterocycles. The van der Waals surface area contributed by atoms with Crippen LogP contribution >= 0.6 is 23.2 Å². The molecule has 0 aliphatic carbocycles. The van der Waals surface area contributed by atoms with Crippen LogP contribution in [0.4, 0.5) is 0 Å². The minimum atomic E-state index is 0.249. The summed E-state index contributed by atoms with van der Waals surface area (Å²) in [6.45, 7) is 5.03. The minimum absolute atomic E-state index is 0.249. The first-order valence-electron chi connectivity index (χ1n) is 11.5. The van der Waals surface area contributed by atoms with Gasteiger partial charge in [0, 0.05) is 11.8 Å². The standard InChI is InChI=1S/C24H44Cl2O3/c1-3-5-15-23(17-11-7-9-13-19-25)28-21-27-22-29-24(16-6-4-2)18-12-8-10-14-20-26/h7-10,23-24H,3-6,11-22H2,1-2H3/b9-7+,10-8+. The lowest BCUT2D eigenvalue weighted by atomic mass is 10.1. The Morgan fingerprint density at radius 1 is 0.621 bits per heavy atom. The average molecular weight is 452 g/mol. The van der Waals surface area contributed by atoms with Crippen molar-refractivity contribution < 1.29 is 14.2 Å². The number of halogens is 2. The Labute approximate surface area is 190 Å². The van der Waals surface area contributed by atoms with Gasteiger partial charge in [-0.1, -0.05) is 63.8 Å². The normalized spacial score (nSPS) is 14.2. The second kappa shape index (κ2) is 24.2. The van der Waals surface area contributed by atoms with E-state index in [0.29, 0.717) is 25.3 Å². The third-order valence-corrected chi connectivity index (χ3v) is 5.17. The topological polar surface area (TPSA) is 27.7 Å². The van der Waals surface area contributed by atoms with Crippen molar-refractivity contribution in [1.82, 2.24) is 0 Å². The molecule has 0 amide bonds. The van der Waals surface area contributed by atoms with Gasteiger partial charge in [-0.05, 0) is 51.4 Å². The Morgan fingerprint density at radius 2 is 1.03 bits per heavy atom. The number of alkyl halides is 2. The molecule has 5 heteroatoms. The highest BCUT2D eigenvalue weighted by atomic mass is 35.5. The Hall–Kier alpha value is -0.0600. The summed E-state index contributed by atoms with van der Waals surface area (Å²) in [7, 11) is 0. The zero-order valence-electron chi connectivity index (χ0n) is 18.8. The Kier molecular flexibility index (Phi) is 24.2. The fourth-order valence-electron chi connectivity index (χ4n) is 2.97. The summed E-state index contributed by atoms with van der Waals surface area (Å²) in [5, 5.41) is 0. The average Bonchev–Trinajstić information content (AvgIpc) is 2.73. The molecule has 0 aromatic carbocycles. The van der Waals surface area contributed by atoms with E-state index in [1.54, 1.807) is 0 Å². The quantitative estimate of drug-likeness (QED) is 0.0722. The molecule has 0 fully saturated rings. The van der Waals surface area contributed by atoms with E-state index >= 15 is 0 Å². The fraction of sp³-hybridized carbons (Fsp3) is 0.833. The highest BCUT2D eigenvalue weighted by Crippen LogP contribution is 2.14. The minimum Gasteiger partial charge on any atom is -0.352 e. The van der Waals surface area contributed by atoms with Crippen LogP contribution in [0.15, 0.2) is 24.3 Å². The van der Waals surface area contributed by atoms with Gasteiger partial charge in [0.05, 0.1) is 12.2 Å². The van der Waals surface area contributed by atoms with Crippen LogP contribution in [0.25, 0.3) is 0 Å². The van der Waals surface area contributed by atoms with Gasteiger partial charge in [-0.2, -0.15) is 0 Å². The first kappa shape index (κ1) is 28.9. The summed E-state index contributed by atoms with van der Waals surface area (Å²) >= 11 is 11.4. The van der Waals surface area contributed by atoms with Gasteiger partial charge in [-0.15, -0.1) is 23.2 Å². The lowest BCUT2D eigenvalue weighted by Gasteiger charge is -2.19. The number of hydrogen-bond donors (Lipinski definition) is 0. The van der Waals surface area contributed by atoms with E-state index in [-0.39, 0.29) is 12.2 Å². The number of hydrogen-bond acceptors (Lipinski definition) is 3. The second-order valence-corrected chi connectivity index (χ2v) is 8.11. The number of unbranched alkanes of at least 4 members (excludes halogenated alkanes) is 2. The Morgan fingerprint density at radius 3 is 1.41 bits per heavy atom. The second-order valence-electron chi connectivity index (χ2n) is 7.35. The molecule has 0 N–H and O–H groups in total. The molecule has 0 aromatic rings. The molecular formula is C24H44Cl2O3. The van der Waals surface area contributed by atoms with Crippen LogP contribution in [0.3, 0.4) is 0 Å². The van der Waals surface area contributed by atoms with E-state index in [2.05, 4.69) is 38.2 Å². The van der Waals surface area contributed by atoms with E-state index in [9.17, 15) is 0 Å². The molecule has 0 saturated carbocycles. The van der Waals surface area contributed by atoms with Crippen LogP contribution in [-0.4, -0.2) is 37.6 Å². The van der Waals surface area contributed by atoms with Crippen molar-refractivity contribution in [2.24, 2.45) is 0 Å². The molecule has 0 aliphatic rings. The van der Waals surface area contributed by atoms with Crippen LogP contribution in [0, 0.1) is 0 Å². The molecule has 0 spiro atoms. The predicted octanol–water partition coefficient (Wildman–Crippen LogP) is 8.00. The first-order valence-corrected chi connectivity index (χ1v) is 12.6. The lowest BCUT2D eigenvalue weighted by Crippen LogP contribution is -2.19. The number of allylic oxidation sites excluding steroid dienone is 4. The third kappa shape index (κ3) is 21.0. The third-order valence-electron chi connectivity index (χ3n) is 4.73. The van der Waals surface area contributed by atoms with Crippen molar-refractivity contribution in [2.75, 3.05) is 25.3 Å². The van der Waals surface area contributed by atoms with E-state index in [0.717, 1.165) is 51.4 Å².